The van der Waals surface area contributed by atoms with Crippen molar-refractivity contribution in [1.29, 1.82) is 5.26 Å². The summed E-state index contributed by atoms with van der Waals surface area (Å²) in [5, 5.41) is 10.7. The van der Waals surface area contributed by atoms with Crippen molar-refractivity contribution in [2.75, 3.05) is 0 Å². The molecule has 4 heteroatoms. The third kappa shape index (κ3) is 3.70. The first-order valence-electron chi connectivity index (χ1n) is 4.04. The number of nitrogens with one attached hydrogen (secondary N) is 1. The Morgan fingerprint density at radius 3 is 2.15 bits per heavy atom. The van der Waals surface area contributed by atoms with E-state index in [4.69, 9.17) is 5.26 Å². The summed E-state index contributed by atoms with van der Waals surface area (Å²) >= 11 is 0. The third-order valence-electron chi connectivity index (χ3n) is 1.43. The number of hydrogen-bond donors (Lipinski definition) is 1. The second-order valence-corrected chi connectivity index (χ2v) is 3.90. The molecule has 0 heterocycles. The van der Waals surface area contributed by atoms with E-state index in [9.17, 15) is 9.59 Å². The van der Waals surface area contributed by atoms with Crippen LogP contribution in [-0.4, -0.2) is 17.7 Å². The lowest BCUT2D eigenvalue weighted by Crippen LogP contribution is -2.41. The average molecular weight is 182 g/mol. The van der Waals surface area contributed by atoms with E-state index in [1.165, 1.54) is 6.92 Å². The highest BCUT2D eigenvalue weighted by molar-refractivity contribution is 6.38. The number of carbonyl (C=O) groups is 2. The van der Waals surface area contributed by atoms with Gasteiger partial charge in [-0.1, -0.05) is 20.8 Å². The molecule has 0 radical (unpaired) electrons. The van der Waals surface area contributed by atoms with Crippen LogP contribution in [0.3, 0.4) is 0 Å². The molecule has 0 aromatic rings. The molecule has 0 unspecified atom stereocenters. The van der Waals surface area contributed by atoms with Crippen molar-refractivity contribution in [3.63, 3.8) is 0 Å². The minimum atomic E-state index is -0.695. The van der Waals surface area contributed by atoms with E-state index in [0.29, 0.717) is 0 Å². The predicted octanol–water partition coefficient (Wildman–Crippen LogP) is 0.630. The fraction of sp³-hybridized carbons (Fsp3) is 0.667. The minimum Gasteiger partial charge on any atom is -0.334 e. The van der Waals surface area contributed by atoms with Gasteiger partial charge in [-0.05, 0) is 6.92 Å². The molecule has 0 rings (SSSR count). The van der Waals surface area contributed by atoms with Crippen LogP contribution in [0.4, 0.5) is 0 Å². The van der Waals surface area contributed by atoms with Crippen LogP contribution in [0.1, 0.15) is 27.7 Å². The van der Waals surface area contributed by atoms with Gasteiger partial charge in [-0.3, -0.25) is 9.59 Å². The van der Waals surface area contributed by atoms with Crippen molar-refractivity contribution >= 4 is 11.7 Å². The Morgan fingerprint density at radius 1 is 1.38 bits per heavy atom. The molecule has 0 spiro atoms. The van der Waals surface area contributed by atoms with Gasteiger partial charge in [-0.15, -0.1) is 0 Å². The number of carbonyl (C=O) groups excluding carboxylic acids is 2. The lowest BCUT2D eigenvalue weighted by atomic mass is 9.90. The second kappa shape index (κ2) is 4.04. The van der Waals surface area contributed by atoms with Gasteiger partial charge in [0, 0.05) is 5.41 Å². The minimum absolute atomic E-state index is 0.505. The summed E-state index contributed by atoms with van der Waals surface area (Å²) in [6, 6.07) is 1.19. The van der Waals surface area contributed by atoms with Gasteiger partial charge >= 0.3 is 0 Å². The zero-order chi connectivity index (χ0) is 10.6. The van der Waals surface area contributed by atoms with Crippen molar-refractivity contribution in [1.82, 2.24) is 5.32 Å². The van der Waals surface area contributed by atoms with Crippen LogP contribution in [-0.2, 0) is 9.59 Å². The van der Waals surface area contributed by atoms with Gasteiger partial charge in [0.2, 0.25) is 5.78 Å². The summed E-state index contributed by atoms with van der Waals surface area (Å²) in [4.78, 5) is 22.4. The molecule has 0 saturated carbocycles. The zero-order valence-electron chi connectivity index (χ0n) is 8.34. The highest BCUT2D eigenvalue weighted by atomic mass is 16.2. The van der Waals surface area contributed by atoms with E-state index in [1.807, 2.05) is 6.07 Å². The molecule has 0 aromatic heterocycles. The number of nitrogens with zero attached hydrogens (tertiary/aromatic N) is 1. The predicted molar refractivity (Wildman–Crippen MR) is 47.7 cm³/mol. The number of ketones is 1. The first-order valence-corrected chi connectivity index (χ1v) is 4.04. The lowest BCUT2D eigenvalue weighted by Gasteiger charge is -2.16. The summed E-state index contributed by atoms with van der Waals surface area (Å²) in [5.41, 5.74) is -0.695. The van der Waals surface area contributed by atoms with E-state index >= 15 is 0 Å². The van der Waals surface area contributed by atoms with Crippen LogP contribution < -0.4 is 5.32 Å². The Balaban J connectivity index is 4.32. The molecule has 0 fully saturated rings. The summed E-state index contributed by atoms with van der Waals surface area (Å²) in [6.45, 7) is 6.50. The summed E-state index contributed by atoms with van der Waals surface area (Å²) in [7, 11) is 0. The maximum atomic E-state index is 11.3. The molecule has 0 aliphatic heterocycles. The van der Waals surface area contributed by atoms with Crippen LogP contribution in [0.25, 0.3) is 0 Å². The lowest BCUT2D eigenvalue weighted by molar-refractivity contribution is -0.142. The summed E-state index contributed by atoms with van der Waals surface area (Å²) < 4.78 is 0. The van der Waals surface area contributed by atoms with Crippen LogP contribution in [0, 0.1) is 16.7 Å². The number of hydrogen-bond acceptors (Lipinski definition) is 3. The fourth-order valence-electron chi connectivity index (χ4n) is 0.635. The first-order chi connectivity index (χ1) is 5.79. The quantitative estimate of drug-likeness (QED) is 0.637. The van der Waals surface area contributed by atoms with Crippen molar-refractivity contribution in [2.45, 2.75) is 33.7 Å². The van der Waals surface area contributed by atoms with Gasteiger partial charge in [0.25, 0.3) is 5.91 Å². The van der Waals surface area contributed by atoms with Crippen LogP contribution >= 0.6 is 0 Å². The van der Waals surface area contributed by atoms with E-state index in [-0.39, 0.29) is 0 Å². The Bertz CT molecular complexity index is 258. The average Bonchev–Trinajstić information content (AvgIpc) is 2.01. The molecule has 0 aliphatic carbocycles. The Morgan fingerprint density at radius 2 is 1.85 bits per heavy atom. The Kier molecular flexibility index (Phi) is 3.61. The first kappa shape index (κ1) is 11.6. The highest BCUT2D eigenvalue weighted by Gasteiger charge is 2.28. The van der Waals surface area contributed by atoms with Crippen molar-refractivity contribution in [2.24, 2.45) is 5.41 Å². The highest BCUT2D eigenvalue weighted by Crippen LogP contribution is 2.14. The summed E-state index contributed by atoms with van der Waals surface area (Å²) in [5.74, 6) is -1.20. The van der Waals surface area contributed by atoms with E-state index in [2.05, 4.69) is 5.32 Å². The molecule has 1 atom stereocenters. The number of amides is 1. The molecule has 0 aromatic carbocycles. The van der Waals surface area contributed by atoms with Gasteiger partial charge in [0.15, 0.2) is 0 Å². The molecule has 1 N–H and O–H groups in total. The largest absolute Gasteiger partial charge is 0.334 e. The number of rotatable bonds is 2. The topological polar surface area (TPSA) is 70.0 Å². The molecule has 72 valence electrons. The molecule has 0 saturated heterocycles. The van der Waals surface area contributed by atoms with Gasteiger partial charge < -0.3 is 5.32 Å². The van der Waals surface area contributed by atoms with Crippen molar-refractivity contribution < 1.29 is 9.59 Å². The standard InChI is InChI=1S/C9H14N2O2/c1-6(5-10)11-8(13)7(12)9(2,3)4/h6H,1-4H3,(H,11,13)/t6-/m1/s1. The van der Waals surface area contributed by atoms with Crippen molar-refractivity contribution in [3.8, 4) is 6.07 Å². The monoisotopic (exact) mass is 182 g/mol. The Hall–Kier alpha value is -1.37. The van der Waals surface area contributed by atoms with Gasteiger partial charge in [0.1, 0.15) is 6.04 Å². The number of nitriles is 1. The van der Waals surface area contributed by atoms with Gasteiger partial charge in [-0.2, -0.15) is 5.26 Å². The molecular formula is C9H14N2O2. The van der Waals surface area contributed by atoms with Gasteiger partial charge in [0.05, 0.1) is 6.07 Å². The van der Waals surface area contributed by atoms with E-state index < -0.39 is 23.1 Å². The van der Waals surface area contributed by atoms with Crippen molar-refractivity contribution in [3.05, 3.63) is 0 Å². The molecule has 0 bridgehead atoms. The smallest absolute Gasteiger partial charge is 0.288 e. The van der Waals surface area contributed by atoms with Crippen LogP contribution in [0.5, 0.6) is 0 Å². The zero-order valence-corrected chi connectivity index (χ0v) is 8.34. The number of Topliss-reactive ketones (excluding diaryl/α,β-unsaturated/α-hetero) is 1. The van der Waals surface area contributed by atoms with E-state index in [1.54, 1.807) is 20.8 Å². The molecule has 0 aliphatic rings. The molecule has 1 amide bonds. The summed E-state index contributed by atoms with van der Waals surface area (Å²) in [6.07, 6.45) is 0. The molecular weight excluding hydrogens is 168 g/mol. The van der Waals surface area contributed by atoms with Crippen LogP contribution in [0.2, 0.25) is 0 Å². The van der Waals surface area contributed by atoms with E-state index in [0.717, 1.165) is 0 Å². The van der Waals surface area contributed by atoms with Gasteiger partial charge in [-0.25, -0.2) is 0 Å². The normalized spacial score (nSPS) is 12.8. The maximum absolute atomic E-state index is 11.3. The second-order valence-electron chi connectivity index (χ2n) is 3.90. The maximum Gasteiger partial charge on any atom is 0.288 e. The van der Waals surface area contributed by atoms with Crippen LogP contribution in [0.15, 0.2) is 0 Å². The molecule has 13 heavy (non-hydrogen) atoms. The molecule has 4 nitrogen and oxygen atoms in total. The Labute approximate surface area is 77.9 Å². The fourth-order valence-corrected chi connectivity index (χ4v) is 0.635. The SMILES string of the molecule is C[C@H](C#N)NC(=O)C(=O)C(C)(C)C. The third-order valence-corrected chi connectivity index (χ3v) is 1.43.